The molecule has 3 aromatic rings. The molecule has 338 valence electrons. The van der Waals surface area contributed by atoms with Crippen LogP contribution < -0.4 is 26.6 Å². The average Bonchev–Trinajstić information content (AvgIpc) is 3.47. The summed E-state index contributed by atoms with van der Waals surface area (Å²) in [5.74, 6) is 6.02. The number of alkyl carbamates (subject to hydrolysis) is 1. The maximum absolute atomic E-state index is 14.2. The first-order valence-corrected chi connectivity index (χ1v) is 20.7. The highest BCUT2D eigenvalue weighted by atomic mass is 19.4. The Bertz CT molecular complexity index is 2120. The average molecular weight is 881 g/mol. The standard InChI is InChI=1S/C45H53F5N8O5/c1-44(2,45(48,49)50)40(56-43(61)62-3)41(60)55-37(38(59)23-52-20-30-10-13-32(14-11-30)33(19-51)22-54-42(46)47)18-29-7-4-28(5-8-29)6-9-31-12-17-39(53-21-31)57-24-34-15-16-35(25-57)58(34)36-26-63-27-36/h4-5,7-8,10-14,17,19,21-22,34-38,40,42,52,59H,15-16,18,20,23-27,51H2,1-3H3,(H,55,60)(H,56,61)/t34?,35?,37-,38-,40+/m0/s1. The van der Waals surface area contributed by atoms with Crippen LogP contribution in [0.2, 0.25) is 0 Å². The highest BCUT2D eigenvalue weighted by Gasteiger charge is 2.56. The number of rotatable bonds is 16. The van der Waals surface area contributed by atoms with Gasteiger partial charge in [0.15, 0.2) is 0 Å². The maximum Gasteiger partial charge on any atom is 0.407 e. The summed E-state index contributed by atoms with van der Waals surface area (Å²) in [7, 11) is 0.964. The van der Waals surface area contributed by atoms with Crippen LogP contribution in [0.5, 0.6) is 0 Å². The second-order valence-corrected chi connectivity index (χ2v) is 16.5. The van der Waals surface area contributed by atoms with Gasteiger partial charge in [0.25, 0.3) is 0 Å². The number of allylic oxidation sites excluding steroid dienone is 1. The summed E-state index contributed by atoms with van der Waals surface area (Å²) in [6.07, 6.45) is -1.23. The Morgan fingerprint density at radius 2 is 1.60 bits per heavy atom. The number of hydrogen-bond acceptors (Lipinski definition) is 11. The SMILES string of the molecule is COC(=O)N[C@H](C(=O)N[C@@H](Cc1ccc(C#Cc2ccc(N3CC4CCC(C3)N4C3COC3)nc2)cc1)[C@@H](O)CNCc1ccc(C(C=NC(F)F)=CN)cc1)C(C)(C)C(F)(F)F. The number of halogens is 5. The second kappa shape index (κ2) is 20.7. The number of nitrogens with two attached hydrogens (primary N) is 1. The number of alkyl halides is 5. The van der Waals surface area contributed by atoms with Crippen LogP contribution in [-0.2, 0) is 27.2 Å². The second-order valence-electron chi connectivity index (χ2n) is 16.5. The molecule has 1 aromatic heterocycles. The van der Waals surface area contributed by atoms with Crippen LogP contribution >= 0.6 is 0 Å². The van der Waals surface area contributed by atoms with Crippen molar-refractivity contribution in [3.8, 4) is 11.8 Å². The van der Waals surface area contributed by atoms with Crippen molar-refractivity contribution in [1.29, 1.82) is 0 Å². The number of aliphatic hydroxyl groups is 1. The minimum Gasteiger partial charge on any atom is -0.453 e. The van der Waals surface area contributed by atoms with E-state index < -0.39 is 48.3 Å². The molecule has 5 atom stereocenters. The summed E-state index contributed by atoms with van der Waals surface area (Å²) < 4.78 is 77.7. The molecule has 4 heterocycles. The van der Waals surface area contributed by atoms with Crippen LogP contribution in [0.4, 0.5) is 32.6 Å². The van der Waals surface area contributed by atoms with Gasteiger partial charge in [-0.2, -0.15) is 22.0 Å². The lowest BCUT2D eigenvalue weighted by Gasteiger charge is -2.47. The quantitative estimate of drug-likeness (QED) is 0.0594. The summed E-state index contributed by atoms with van der Waals surface area (Å²) in [4.78, 5) is 38.6. The number of aliphatic hydroxyl groups excluding tert-OH is 1. The van der Waals surface area contributed by atoms with E-state index in [2.05, 4.69) is 42.0 Å². The van der Waals surface area contributed by atoms with E-state index in [1.54, 1.807) is 54.7 Å². The molecule has 2 amide bonds. The summed E-state index contributed by atoms with van der Waals surface area (Å²) in [5, 5.41) is 19.1. The molecule has 3 aliphatic rings. The van der Waals surface area contributed by atoms with Crippen molar-refractivity contribution in [2.24, 2.45) is 16.1 Å². The lowest BCUT2D eigenvalue weighted by Crippen LogP contribution is -2.62. The smallest absolute Gasteiger partial charge is 0.407 e. The third-order valence-electron chi connectivity index (χ3n) is 11.8. The van der Waals surface area contributed by atoms with Gasteiger partial charge in [-0.15, -0.1) is 0 Å². The van der Waals surface area contributed by atoms with E-state index in [9.17, 15) is 36.6 Å². The topological polar surface area (TPSA) is 167 Å². The molecule has 2 bridgehead atoms. The zero-order chi connectivity index (χ0) is 45.3. The predicted octanol–water partition coefficient (Wildman–Crippen LogP) is 4.62. The van der Waals surface area contributed by atoms with Gasteiger partial charge in [0.2, 0.25) is 5.91 Å². The summed E-state index contributed by atoms with van der Waals surface area (Å²) >= 11 is 0. The van der Waals surface area contributed by atoms with E-state index >= 15 is 0 Å². The molecule has 63 heavy (non-hydrogen) atoms. The monoisotopic (exact) mass is 880 g/mol. The largest absolute Gasteiger partial charge is 0.453 e. The summed E-state index contributed by atoms with van der Waals surface area (Å²) in [6, 6.07) is 16.0. The minimum absolute atomic E-state index is 0.00144. The number of carbonyl (C=O) groups excluding carboxylic acids is 2. The number of carbonyl (C=O) groups is 2. The number of anilines is 1. The number of nitrogens with zero attached hydrogens (tertiary/aromatic N) is 4. The third kappa shape index (κ3) is 11.9. The Morgan fingerprint density at radius 3 is 2.16 bits per heavy atom. The summed E-state index contributed by atoms with van der Waals surface area (Å²) in [5.41, 5.74) is 6.46. The van der Waals surface area contributed by atoms with Crippen molar-refractivity contribution in [3.63, 3.8) is 0 Å². The Kier molecular flexibility index (Phi) is 15.4. The maximum atomic E-state index is 14.2. The van der Waals surface area contributed by atoms with Gasteiger partial charge in [0, 0.05) is 73.6 Å². The number of aliphatic imine (C=N–C) groups is 1. The van der Waals surface area contributed by atoms with E-state index in [-0.39, 0.29) is 25.1 Å². The lowest BCUT2D eigenvalue weighted by molar-refractivity contribution is -0.220. The van der Waals surface area contributed by atoms with Crippen molar-refractivity contribution >= 4 is 29.6 Å². The van der Waals surface area contributed by atoms with Crippen LogP contribution in [-0.4, -0.2) is 122 Å². The zero-order valence-electron chi connectivity index (χ0n) is 35.2. The fraction of sp³-hybridized carbons (Fsp3) is 0.467. The van der Waals surface area contributed by atoms with Crippen molar-refractivity contribution in [3.05, 3.63) is 101 Å². The van der Waals surface area contributed by atoms with Gasteiger partial charge in [-0.05, 0) is 74.1 Å². The summed E-state index contributed by atoms with van der Waals surface area (Å²) in [6.45, 7) is 2.29. The van der Waals surface area contributed by atoms with Gasteiger partial charge < -0.3 is 41.2 Å². The van der Waals surface area contributed by atoms with Crippen molar-refractivity contribution in [1.82, 2.24) is 25.8 Å². The molecule has 0 spiro atoms. The van der Waals surface area contributed by atoms with Crippen LogP contribution in [0.1, 0.15) is 54.5 Å². The van der Waals surface area contributed by atoms with E-state index in [1.165, 1.54) is 12.8 Å². The number of ether oxygens (including phenoxy) is 2. The van der Waals surface area contributed by atoms with Crippen molar-refractivity contribution in [2.45, 2.75) is 88.7 Å². The molecular weight excluding hydrogens is 828 g/mol. The van der Waals surface area contributed by atoms with Gasteiger partial charge in [0.05, 0.1) is 43.9 Å². The van der Waals surface area contributed by atoms with E-state index in [0.29, 0.717) is 34.8 Å². The highest BCUT2D eigenvalue weighted by molar-refractivity contribution is 6.09. The fourth-order valence-corrected chi connectivity index (χ4v) is 8.02. The molecule has 18 heteroatoms. The Morgan fingerprint density at radius 1 is 0.968 bits per heavy atom. The number of aromatic nitrogens is 1. The molecule has 3 saturated heterocycles. The molecule has 3 aliphatic heterocycles. The van der Waals surface area contributed by atoms with E-state index in [4.69, 9.17) is 15.5 Å². The number of nitrogens with one attached hydrogen (secondary N) is 3. The molecule has 3 fully saturated rings. The molecule has 6 N–H and O–H groups in total. The minimum atomic E-state index is -4.91. The van der Waals surface area contributed by atoms with Crippen LogP contribution in [0.25, 0.3) is 5.57 Å². The highest BCUT2D eigenvalue weighted by Crippen LogP contribution is 2.41. The van der Waals surface area contributed by atoms with Crippen LogP contribution in [0.3, 0.4) is 0 Å². The molecule has 0 radical (unpaired) electrons. The Hall–Kier alpha value is -5.61. The number of piperazine rings is 1. The first-order chi connectivity index (χ1) is 30.1. The fourth-order valence-electron chi connectivity index (χ4n) is 8.02. The molecule has 2 unspecified atom stereocenters. The number of amides is 2. The van der Waals surface area contributed by atoms with Crippen molar-refractivity contribution in [2.75, 3.05) is 44.9 Å². The van der Waals surface area contributed by atoms with Crippen LogP contribution in [0, 0.1) is 17.3 Å². The van der Waals surface area contributed by atoms with Crippen molar-refractivity contribution < 1.29 is 46.1 Å². The number of hydrogen-bond donors (Lipinski definition) is 5. The van der Waals surface area contributed by atoms with Gasteiger partial charge in [-0.25, -0.2) is 14.8 Å². The first kappa shape index (κ1) is 46.9. The molecule has 0 aliphatic carbocycles. The number of benzene rings is 2. The third-order valence-corrected chi connectivity index (χ3v) is 11.8. The molecule has 13 nitrogen and oxygen atoms in total. The van der Waals surface area contributed by atoms with E-state index in [1.807, 2.05) is 17.4 Å². The number of fused-ring (bicyclic) bond motifs is 2. The molecule has 2 aromatic carbocycles. The van der Waals surface area contributed by atoms with Gasteiger partial charge in [0.1, 0.15) is 11.9 Å². The molecular formula is C45H53F5N8O5. The Labute approximate surface area is 363 Å². The van der Waals surface area contributed by atoms with Gasteiger partial charge in [-0.3, -0.25) is 9.69 Å². The Balaban J connectivity index is 1.11. The van der Waals surface area contributed by atoms with Crippen LogP contribution in [0.15, 0.2) is 78.1 Å². The number of methoxy groups -OCH3 is 1. The van der Waals surface area contributed by atoms with Gasteiger partial charge in [-0.1, -0.05) is 48.2 Å². The van der Waals surface area contributed by atoms with E-state index in [0.717, 1.165) is 76.6 Å². The lowest BCUT2D eigenvalue weighted by atomic mass is 9.82. The number of pyridine rings is 1. The first-order valence-electron chi connectivity index (χ1n) is 20.7. The molecule has 6 rings (SSSR count). The zero-order valence-corrected chi connectivity index (χ0v) is 35.2. The normalized spacial score (nSPS) is 19.8. The van der Waals surface area contributed by atoms with Gasteiger partial charge >= 0.3 is 18.8 Å². The molecule has 0 saturated carbocycles. The predicted molar refractivity (Wildman–Crippen MR) is 228 cm³/mol.